The Balaban J connectivity index is 1.36. The second-order valence-electron chi connectivity index (χ2n) is 7.53. The average Bonchev–Trinajstić information content (AvgIpc) is 3.10. The molecule has 1 aromatic carbocycles. The van der Waals surface area contributed by atoms with Crippen molar-refractivity contribution in [2.24, 2.45) is 5.92 Å². The lowest BCUT2D eigenvalue weighted by atomic mass is 9.85. The summed E-state index contributed by atoms with van der Waals surface area (Å²) in [6, 6.07) is 4.41. The molecule has 3 aliphatic rings. The van der Waals surface area contributed by atoms with Gasteiger partial charge in [0.25, 0.3) is 0 Å². The van der Waals surface area contributed by atoms with Crippen molar-refractivity contribution in [1.29, 1.82) is 5.26 Å². The van der Waals surface area contributed by atoms with Gasteiger partial charge in [0, 0.05) is 41.6 Å². The zero-order valence-electron chi connectivity index (χ0n) is 14.0. The maximum absolute atomic E-state index is 12.6. The number of carbonyl (C=O) groups is 1. The van der Waals surface area contributed by atoms with E-state index in [1.165, 1.54) is 0 Å². The molecule has 3 heterocycles. The summed E-state index contributed by atoms with van der Waals surface area (Å²) < 4.78 is 0. The zero-order chi connectivity index (χ0) is 17.6. The standard InChI is InChI=1S/C19H21Cl2N3O/c20-14-5-13-9-23(4-3-17(13)18(21)8-14)10-16(25)7-12-6-15-1-2-19(12)24(15)11-22/h5,8,12,15,19H,1-4,6-7,9-10H2/t12-,15-,19+/m0/s1. The fourth-order valence-corrected chi connectivity index (χ4v) is 5.53. The van der Waals surface area contributed by atoms with Gasteiger partial charge in [-0.1, -0.05) is 23.2 Å². The minimum absolute atomic E-state index is 0.284. The first-order valence-corrected chi connectivity index (χ1v) is 9.69. The highest BCUT2D eigenvalue weighted by Gasteiger charge is 2.46. The van der Waals surface area contributed by atoms with Crippen LogP contribution in [-0.4, -0.2) is 40.8 Å². The Labute approximate surface area is 158 Å². The van der Waals surface area contributed by atoms with Crippen LogP contribution in [0, 0.1) is 17.4 Å². The van der Waals surface area contributed by atoms with Gasteiger partial charge in [0.2, 0.25) is 0 Å². The van der Waals surface area contributed by atoms with Crippen molar-refractivity contribution in [3.05, 3.63) is 33.3 Å². The minimum atomic E-state index is 0.284. The van der Waals surface area contributed by atoms with E-state index in [4.69, 9.17) is 23.2 Å². The lowest BCUT2D eigenvalue weighted by molar-refractivity contribution is -0.121. The molecule has 4 rings (SSSR count). The van der Waals surface area contributed by atoms with Crippen LogP contribution in [0.4, 0.5) is 0 Å². The average molecular weight is 378 g/mol. The molecule has 0 amide bonds. The fourth-order valence-electron chi connectivity index (χ4n) is 4.90. The van der Waals surface area contributed by atoms with E-state index in [9.17, 15) is 10.1 Å². The summed E-state index contributed by atoms with van der Waals surface area (Å²) in [6.45, 7) is 2.05. The molecule has 0 saturated carbocycles. The molecule has 0 radical (unpaired) electrons. The molecule has 0 spiro atoms. The number of fused-ring (bicyclic) bond motifs is 3. The molecule has 2 fully saturated rings. The molecular weight excluding hydrogens is 357 g/mol. The number of ketones is 1. The Morgan fingerprint density at radius 2 is 2.16 bits per heavy atom. The van der Waals surface area contributed by atoms with Crippen LogP contribution < -0.4 is 0 Å². The molecule has 0 N–H and O–H groups in total. The highest BCUT2D eigenvalue weighted by Crippen LogP contribution is 2.42. The Morgan fingerprint density at radius 3 is 2.92 bits per heavy atom. The molecule has 25 heavy (non-hydrogen) atoms. The number of hydrogen-bond acceptors (Lipinski definition) is 4. The quantitative estimate of drug-likeness (QED) is 0.751. The van der Waals surface area contributed by atoms with E-state index in [2.05, 4.69) is 11.1 Å². The van der Waals surface area contributed by atoms with Crippen molar-refractivity contribution in [2.45, 2.75) is 50.7 Å². The van der Waals surface area contributed by atoms with Gasteiger partial charge in [-0.05, 0) is 54.9 Å². The molecule has 1 aromatic rings. The van der Waals surface area contributed by atoms with E-state index in [1.807, 2.05) is 11.0 Å². The maximum atomic E-state index is 12.6. The normalized spacial score (nSPS) is 28.0. The van der Waals surface area contributed by atoms with Gasteiger partial charge >= 0.3 is 0 Å². The molecule has 0 aliphatic carbocycles. The molecule has 3 atom stereocenters. The van der Waals surface area contributed by atoms with Gasteiger partial charge in [0.15, 0.2) is 6.19 Å². The van der Waals surface area contributed by atoms with Crippen LogP contribution in [0.15, 0.2) is 12.1 Å². The predicted molar refractivity (Wildman–Crippen MR) is 97.4 cm³/mol. The van der Waals surface area contributed by atoms with Crippen LogP contribution in [0.25, 0.3) is 0 Å². The Bertz CT molecular complexity index is 745. The summed E-state index contributed by atoms with van der Waals surface area (Å²) >= 11 is 12.4. The van der Waals surface area contributed by atoms with Crippen LogP contribution in [-0.2, 0) is 17.8 Å². The van der Waals surface area contributed by atoms with Crippen molar-refractivity contribution >= 4 is 29.0 Å². The first-order valence-electron chi connectivity index (χ1n) is 8.94. The summed E-state index contributed by atoms with van der Waals surface area (Å²) in [5, 5.41) is 10.6. The number of nitrogens with zero attached hydrogens (tertiary/aromatic N) is 3. The molecule has 2 saturated heterocycles. The van der Waals surface area contributed by atoms with E-state index in [0.29, 0.717) is 36.0 Å². The topological polar surface area (TPSA) is 47.3 Å². The SMILES string of the molecule is N#CN1[C@H]2CC[C@@H]1[C@H](CC(=O)CN1CCc3c(Cl)cc(Cl)cc3C1)C2. The van der Waals surface area contributed by atoms with Crippen LogP contribution in [0.3, 0.4) is 0 Å². The van der Waals surface area contributed by atoms with E-state index in [1.54, 1.807) is 6.07 Å². The summed E-state index contributed by atoms with van der Waals surface area (Å²) in [5.74, 6) is 0.638. The van der Waals surface area contributed by atoms with Gasteiger partial charge in [-0.25, -0.2) is 0 Å². The highest BCUT2D eigenvalue weighted by molar-refractivity contribution is 6.35. The third-order valence-electron chi connectivity index (χ3n) is 6.00. The highest BCUT2D eigenvalue weighted by atomic mass is 35.5. The molecule has 2 bridgehead atoms. The van der Waals surface area contributed by atoms with Gasteiger partial charge in [0.1, 0.15) is 5.78 Å². The van der Waals surface area contributed by atoms with Crippen molar-refractivity contribution in [2.75, 3.05) is 13.1 Å². The third-order valence-corrected chi connectivity index (χ3v) is 6.55. The molecule has 4 nitrogen and oxygen atoms in total. The van der Waals surface area contributed by atoms with E-state index >= 15 is 0 Å². The number of hydrogen-bond donors (Lipinski definition) is 0. The van der Waals surface area contributed by atoms with Crippen molar-refractivity contribution in [3.8, 4) is 6.19 Å². The lowest BCUT2D eigenvalue weighted by Crippen LogP contribution is -2.36. The number of benzene rings is 1. The first-order chi connectivity index (χ1) is 12.0. The molecule has 0 aromatic heterocycles. The smallest absolute Gasteiger partial charge is 0.179 e. The predicted octanol–water partition coefficient (Wildman–Crippen LogP) is 3.64. The van der Waals surface area contributed by atoms with Crippen LogP contribution in [0.1, 0.15) is 36.8 Å². The molecular formula is C19H21Cl2N3O. The van der Waals surface area contributed by atoms with Crippen molar-refractivity contribution in [1.82, 2.24) is 9.80 Å². The second-order valence-corrected chi connectivity index (χ2v) is 8.37. The van der Waals surface area contributed by atoms with Crippen LogP contribution >= 0.6 is 23.2 Å². The number of nitriles is 1. The largest absolute Gasteiger partial charge is 0.304 e. The minimum Gasteiger partial charge on any atom is -0.304 e. The van der Waals surface area contributed by atoms with Gasteiger partial charge in [0.05, 0.1) is 6.54 Å². The van der Waals surface area contributed by atoms with Gasteiger partial charge in [-0.2, -0.15) is 5.26 Å². The monoisotopic (exact) mass is 377 g/mol. The van der Waals surface area contributed by atoms with Gasteiger partial charge in [-0.15, -0.1) is 0 Å². The van der Waals surface area contributed by atoms with E-state index < -0.39 is 0 Å². The number of halogens is 2. The summed E-state index contributed by atoms with van der Waals surface area (Å²) in [6.07, 6.45) is 6.93. The molecule has 132 valence electrons. The summed E-state index contributed by atoms with van der Waals surface area (Å²) in [7, 11) is 0. The maximum Gasteiger partial charge on any atom is 0.179 e. The lowest BCUT2D eigenvalue weighted by Gasteiger charge is -2.29. The zero-order valence-corrected chi connectivity index (χ0v) is 15.6. The Morgan fingerprint density at radius 1 is 1.32 bits per heavy atom. The first kappa shape index (κ1) is 17.1. The third kappa shape index (κ3) is 3.26. The number of carbonyl (C=O) groups excluding carboxylic acids is 1. The van der Waals surface area contributed by atoms with Crippen LogP contribution in [0.2, 0.25) is 10.0 Å². The summed E-state index contributed by atoms with van der Waals surface area (Å²) in [4.78, 5) is 16.7. The number of Topliss-reactive ketones (excluding diaryl/α,β-unsaturated/α-hetero) is 1. The van der Waals surface area contributed by atoms with E-state index in [-0.39, 0.29) is 5.78 Å². The Hall–Kier alpha value is -1.28. The van der Waals surface area contributed by atoms with Crippen molar-refractivity contribution in [3.63, 3.8) is 0 Å². The number of rotatable bonds is 4. The van der Waals surface area contributed by atoms with Crippen molar-refractivity contribution < 1.29 is 4.79 Å². The second kappa shape index (κ2) is 6.79. The van der Waals surface area contributed by atoms with Crippen LogP contribution in [0.5, 0.6) is 0 Å². The van der Waals surface area contributed by atoms with Gasteiger partial charge < -0.3 is 4.90 Å². The van der Waals surface area contributed by atoms with E-state index in [0.717, 1.165) is 54.9 Å². The Kier molecular flexibility index (Phi) is 4.66. The van der Waals surface area contributed by atoms with Gasteiger partial charge in [-0.3, -0.25) is 9.69 Å². The molecule has 6 heteroatoms. The summed E-state index contributed by atoms with van der Waals surface area (Å²) in [5.41, 5.74) is 2.29. The molecule has 0 unspecified atom stereocenters. The molecule has 3 aliphatic heterocycles. The fraction of sp³-hybridized carbons (Fsp3) is 0.579.